The minimum absolute atomic E-state index is 0. The molecule has 0 aliphatic carbocycles. The van der Waals surface area contributed by atoms with Crippen LogP contribution in [0, 0.1) is 0 Å². The molecule has 0 saturated carbocycles. The van der Waals surface area contributed by atoms with E-state index in [1.165, 1.54) is 0 Å². The van der Waals surface area contributed by atoms with Crippen LogP contribution in [0.15, 0.2) is 0 Å². The first-order chi connectivity index (χ1) is 1.91. The molecule has 0 bridgehead atoms. The van der Waals surface area contributed by atoms with E-state index in [2.05, 4.69) is 0 Å². The lowest BCUT2D eigenvalue weighted by atomic mass is 10.8. The zero-order chi connectivity index (χ0) is 3.41. The molecule has 3 heteroatoms. The van der Waals surface area contributed by atoms with Crippen molar-refractivity contribution in [2.75, 3.05) is 6.54 Å². The zero-order valence-corrected chi connectivity index (χ0v) is 3.15. The first-order valence-electron chi connectivity index (χ1n) is 1.28. The maximum atomic E-state index is 7.62. The Hall–Kier alpha value is -0.120. The lowest BCUT2D eigenvalue weighted by Crippen LogP contribution is -2.02. The molecule has 0 aromatic heterocycles. The predicted molar refractivity (Wildman–Crippen MR) is 19.1 cm³/mol. The average molecular weight is 79.1 g/mol. The van der Waals surface area contributed by atoms with Crippen LogP contribution in [-0.4, -0.2) is 17.2 Å². The van der Waals surface area contributed by atoms with Gasteiger partial charge in [0.2, 0.25) is 0 Å². The summed E-state index contributed by atoms with van der Waals surface area (Å²) in [6.45, 7) is 2.44. The third-order valence-corrected chi connectivity index (χ3v) is 0.158. The molecule has 0 rings (SSSR count). The summed E-state index contributed by atoms with van der Waals surface area (Å²) in [4.78, 5) is 0. The van der Waals surface area contributed by atoms with E-state index in [0.717, 1.165) is 0 Å². The van der Waals surface area contributed by atoms with Gasteiger partial charge in [-0.25, -0.2) is 5.48 Å². The third-order valence-electron chi connectivity index (χ3n) is 0.158. The molecule has 5 heavy (non-hydrogen) atoms. The minimum atomic E-state index is 0. The molecule has 0 aliphatic heterocycles. The Morgan fingerprint density at radius 1 is 1.80 bits per heavy atom. The van der Waals surface area contributed by atoms with Gasteiger partial charge in [-0.2, -0.15) is 0 Å². The van der Waals surface area contributed by atoms with Crippen molar-refractivity contribution in [3.63, 3.8) is 0 Å². The first-order valence-corrected chi connectivity index (χ1v) is 1.28. The van der Waals surface area contributed by atoms with Gasteiger partial charge in [-0.15, -0.1) is 0 Å². The van der Waals surface area contributed by atoms with Gasteiger partial charge in [0.15, 0.2) is 0 Å². The smallest absolute Gasteiger partial charge is 0.0179 e. The van der Waals surface area contributed by atoms with Crippen molar-refractivity contribution >= 4 is 0 Å². The van der Waals surface area contributed by atoms with Crippen LogP contribution in [0.3, 0.4) is 0 Å². The molecule has 0 atom stereocenters. The number of hydrogen-bond acceptors (Lipinski definition) is 2. The molecule has 0 amide bonds. The fraction of sp³-hybridized carbons (Fsp3) is 1.00. The van der Waals surface area contributed by atoms with Gasteiger partial charge in [-0.05, 0) is 0 Å². The maximum absolute atomic E-state index is 7.62. The number of hydrogen-bond donors (Lipinski definition) is 2. The van der Waals surface area contributed by atoms with Gasteiger partial charge in [-0.1, -0.05) is 6.92 Å². The van der Waals surface area contributed by atoms with Crippen LogP contribution in [-0.2, 0) is 0 Å². The second kappa shape index (κ2) is 9.11. The van der Waals surface area contributed by atoms with Gasteiger partial charge in [0.1, 0.15) is 0 Å². The Labute approximate surface area is 30.9 Å². The molecule has 0 radical (unpaired) electrons. The Morgan fingerprint density at radius 3 is 2.00 bits per heavy atom. The van der Waals surface area contributed by atoms with Crippen LogP contribution in [0.25, 0.3) is 0 Å². The van der Waals surface area contributed by atoms with Crippen LogP contribution in [0.5, 0.6) is 0 Å². The van der Waals surface area contributed by atoms with Gasteiger partial charge < -0.3 is 10.7 Å². The molecule has 0 fully saturated rings. The fourth-order valence-corrected chi connectivity index (χ4v) is 0. The summed E-state index contributed by atoms with van der Waals surface area (Å²) < 4.78 is 0. The van der Waals surface area contributed by atoms with E-state index in [1.807, 2.05) is 12.4 Å². The highest BCUT2D eigenvalue weighted by Crippen LogP contribution is 1.34. The predicted octanol–water partition coefficient (Wildman–Crippen LogP) is -0.840. The maximum Gasteiger partial charge on any atom is 0.0179 e. The van der Waals surface area contributed by atoms with Crippen molar-refractivity contribution in [3.05, 3.63) is 0 Å². The Balaban J connectivity index is 0. The SMILES string of the molecule is CCNO.O. The first kappa shape index (κ1) is 8.86. The van der Waals surface area contributed by atoms with Crippen LogP contribution < -0.4 is 5.48 Å². The van der Waals surface area contributed by atoms with Crippen molar-refractivity contribution in [3.8, 4) is 0 Å². The second-order valence-electron chi connectivity index (χ2n) is 0.512. The summed E-state index contributed by atoms with van der Waals surface area (Å²) in [5.74, 6) is 0. The van der Waals surface area contributed by atoms with Crippen molar-refractivity contribution in [1.29, 1.82) is 0 Å². The van der Waals surface area contributed by atoms with E-state index >= 15 is 0 Å². The summed E-state index contributed by atoms with van der Waals surface area (Å²) >= 11 is 0. The average Bonchev–Trinajstić information content (AvgIpc) is 1.37. The van der Waals surface area contributed by atoms with E-state index in [0.29, 0.717) is 6.54 Å². The molecular formula is C2H9NO2. The van der Waals surface area contributed by atoms with Crippen LogP contribution in [0.2, 0.25) is 0 Å². The summed E-state index contributed by atoms with van der Waals surface area (Å²) in [6, 6.07) is 0. The van der Waals surface area contributed by atoms with Crippen LogP contribution in [0.1, 0.15) is 6.92 Å². The standard InChI is InChI=1S/C2H7NO.H2O/c1-2-3-4;/h3-4H,2H2,1H3;1H2. The Bertz CT molecular complexity index is 9.61. The minimum Gasteiger partial charge on any atom is -0.412 e. The molecule has 0 aromatic rings. The van der Waals surface area contributed by atoms with E-state index in [-0.39, 0.29) is 5.48 Å². The lowest BCUT2D eigenvalue weighted by molar-refractivity contribution is 0.173. The molecule has 3 nitrogen and oxygen atoms in total. The molecule has 0 heterocycles. The van der Waals surface area contributed by atoms with Crippen molar-refractivity contribution < 1.29 is 10.7 Å². The van der Waals surface area contributed by atoms with Gasteiger partial charge in [0.25, 0.3) is 0 Å². The third kappa shape index (κ3) is 17.7. The van der Waals surface area contributed by atoms with E-state index in [1.54, 1.807) is 0 Å². The van der Waals surface area contributed by atoms with E-state index in [9.17, 15) is 0 Å². The zero-order valence-electron chi connectivity index (χ0n) is 3.15. The van der Waals surface area contributed by atoms with Gasteiger partial charge in [-0.3, -0.25) is 0 Å². The van der Waals surface area contributed by atoms with E-state index in [4.69, 9.17) is 5.21 Å². The number of hydroxylamine groups is 1. The summed E-state index contributed by atoms with van der Waals surface area (Å²) in [7, 11) is 0. The summed E-state index contributed by atoms with van der Waals surface area (Å²) in [6.07, 6.45) is 0. The lowest BCUT2D eigenvalue weighted by Gasteiger charge is -1.75. The molecular weight excluding hydrogens is 70.0 g/mol. The molecule has 0 aromatic carbocycles. The van der Waals surface area contributed by atoms with Gasteiger partial charge >= 0.3 is 0 Å². The molecule has 0 aliphatic rings. The number of nitrogens with one attached hydrogen (secondary N) is 1. The number of rotatable bonds is 1. The molecule has 4 N–H and O–H groups in total. The Morgan fingerprint density at radius 2 is 2.00 bits per heavy atom. The highest BCUT2D eigenvalue weighted by molar-refractivity contribution is 4.04. The fourth-order valence-electron chi connectivity index (χ4n) is 0. The second-order valence-corrected chi connectivity index (χ2v) is 0.512. The quantitative estimate of drug-likeness (QED) is 0.402. The monoisotopic (exact) mass is 79.1 g/mol. The van der Waals surface area contributed by atoms with Gasteiger partial charge in [0, 0.05) is 6.54 Å². The normalized spacial score (nSPS) is 6.00. The van der Waals surface area contributed by atoms with Crippen LogP contribution in [0.4, 0.5) is 0 Å². The van der Waals surface area contributed by atoms with Gasteiger partial charge in [0.05, 0.1) is 0 Å². The molecule has 0 unspecified atom stereocenters. The Kier molecular flexibility index (Phi) is 16.1. The molecule has 0 spiro atoms. The summed E-state index contributed by atoms with van der Waals surface area (Å²) in [5.41, 5.74) is 1.93. The van der Waals surface area contributed by atoms with Crippen LogP contribution >= 0.6 is 0 Å². The highest BCUT2D eigenvalue weighted by atomic mass is 16.5. The van der Waals surface area contributed by atoms with Crippen molar-refractivity contribution in [2.45, 2.75) is 6.92 Å². The van der Waals surface area contributed by atoms with Crippen molar-refractivity contribution in [2.24, 2.45) is 0 Å². The highest BCUT2D eigenvalue weighted by Gasteiger charge is 1.51. The summed E-state index contributed by atoms with van der Waals surface area (Å²) in [5, 5.41) is 7.62. The molecule has 34 valence electrons. The largest absolute Gasteiger partial charge is 0.412 e. The molecule has 0 saturated heterocycles. The van der Waals surface area contributed by atoms with E-state index < -0.39 is 0 Å². The van der Waals surface area contributed by atoms with Crippen molar-refractivity contribution in [1.82, 2.24) is 5.48 Å². The topological polar surface area (TPSA) is 63.8 Å².